The van der Waals surface area contributed by atoms with Crippen LogP contribution < -0.4 is 4.74 Å². The molecule has 3 rings (SSSR count). The van der Waals surface area contributed by atoms with Gasteiger partial charge in [-0.25, -0.2) is 0 Å². The molecule has 2 aromatic rings. The molecular weight excluding hydrogens is 378 g/mol. The van der Waals surface area contributed by atoms with Crippen molar-refractivity contribution in [2.45, 2.75) is 39.2 Å². The minimum Gasteiger partial charge on any atom is -0.457 e. The topological polar surface area (TPSA) is 48.0 Å². The Labute approximate surface area is 179 Å². The molecule has 30 heavy (non-hydrogen) atoms. The molecule has 0 spiro atoms. The van der Waals surface area contributed by atoms with Crippen molar-refractivity contribution in [2.24, 2.45) is 0 Å². The van der Waals surface area contributed by atoms with Gasteiger partial charge in [0.05, 0.1) is 24.7 Å². The van der Waals surface area contributed by atoms with E-state index in [1.54, 1.807) is 0 Å². The first-order chi connectivity index (χ1) is 14.5. The molecule has 0 aromatic heterocycles. The predicted octanol–water partition coefficient (Wildman–Crippen LogP) is 4.65. The zero-order valence-corrected chi connectivity index (χ0v) is 18.5. The van der Waals surface area contributed by atoms with E-state index in [0.29, 0.717) is 39.5 Å². The van der Waals surface area contributed by atoms with E-state index in [0.717, 1.165) is 22.6 Å². The Hall–Kier alpha value is -2.21. The van der Waals surface area contributed by atoms with Crippen LogP contribution in [0.5, 0.6) is 11.5 Å². The number of benzene rings is 2. The van der Waals surface area contributed by atoms with E-state index in [4.69, 9.17) is 14.2 Å². The van der Waals surface area contributed by atoms with Gasteiger partial charge in [0, 0.05) is 37.4 Å². The SMILES string of the molecule is CCOCCN(CCOCC)C(C)(C)C(=O)C1c2ccccc2Oc2ccccc21. The summed E-state index contributed by atoms with van der Waals surface area (Å²) in [6.07, 6.45) is 0. The zero-order chi connectivity index (χ0) is 21.6. The third kappa shape index (κ3) is 4.75. The summed E-state index contributed by atoms with van der Waals surface area (Å²) in [7, 11) is 0. The molecule has 5 heteroatoms. The molecule has 162 valence electrons. The smallest absolute Gasteiger partial charge is 0.164 e. The van der Waals surface area contributed by atoms with Crippen LogP contribution in [0.4, 0.5) is 0 Å². The highest BCUT2D eigenvalue weighted by Gasteiger charge is 2.43. The molecule has 0 aliphatic carbocycles. The standard InChI is InChI=1S/C25H33NO4/c1-5-28-17-15-26(16-18-29-6-2)25(3,4)24(27)23-19-11-7-9-13-21(19)30-22-14-10-8-12-20(22)23/h7-14,23H,5-6,15-18H2,1-4H3. The summed E-state index contributed by atoms with van der Waals surface area (Å²) in [5.41, 5.74) is 1.14. The summed E-state index contributed by atoms with van der Waals surface area (Å²) in [4.78, 5) is 16.3. The van der Waals surface area contributed by atoms with E-state index in [9.17, 15) is 4.79 Å². The van der Waals surface area contributed by atoms with Gasteiger partial charge in [0.1, 0.15) is 11.5 Å². The monoisotopic (exact) mass is 411 g/mol. The van der Waals surface area contributed by atoms with Gasteiger partial charge in [0.15, 0.2) is 5.78 Å². The van der Waals surface area contributed by atoms with Gasteiger partial charge in [-0.15, -0.1) is 0 Å². The highest BCUT2D eigenvalue weighted by atomic mass is 16.5. The molecule has 1 aliphatic heterocycles. The van der Waals surface area contributed by atoms with Gasteiger partial charge in [0.2, 0.25) is 0 Å². The second kappa shape index (κ2) is 10.2. The molecule has 0 bridgehead atoms. The molecule has 0 unspecified atom stereocenters. The average molecular weight is 412 g/mol. The Kier molecular flexibility index (Phi) is 7.64. The maximum atomic E-state index is 14.1. The van der Waals surface area contributed by atoms with Crippen LogP contribution in [0, 0.1) is 0 Å². The molecule has 0 N–H and O–H groups in total. The van der Waals surface area contributed by atoms with Crippen molar-refractivity contribution in [3.05, 3.63) is 59.7 Å². The number of Topliss-reactive ketones (excluding diaryl/α,β-unsaturated/α-hetero) is 1. The number of carbonyl (C=O) groups is 1. The zero-order valence-electron chi connectivity index (χ0n) is 18.5. The van der Waals surface area contributed by atoms with Gasteiger partial charge in [-0.05, 0) is 39.8 Å². The molecular formula is C25H33NO4. The third-order valence-corrected chi connectivity index (χ3v) is 5.76. The highest BCUT2D eigenvalue weighted by Crippen LogP contribution is 2.46. The number of hydrogen-bond donors (Lipinski definition) is 0. The lowest BCUT2D eigenvalue weighted by molar-refractivity contribution is -0.131. The number of carbonyl (C=O) groups excluding carboxylic acids is 1. The normalized spacial score (nSPS) is 13.6. The maximum absolute atomic E-state index is 14.1. The van der Waals surface area contributed by atoms with Crippen LogP contribution in [0.25, 0.3) is 0 Å². The fraction of sp³-hybridized carbons (Fsp3) is 0.480. The van der Waals surface area contributed by atoms with Crippen molar-refractivity contribution in [2.75, 3.05) is 39.5 Å². The quantitative estimate of drug-likeness (QED) is 0.504. The number of para-hydroxylation sites is 2. The van der Waals surface area contributed by atoms with Crippen molar-refractivity contribution in [1.29, 1.82) is 0 Å². The van der Waals surface area contributed by atoms with E-state index < -0.39 is 5.54 Å². The number of nitrogens with zero attached hydrogens (tertiary/aromatic N) is 1. The van der Waals surface area contributed by atoms with Crippen LogP contribution >= 0.6 is 0 Å². The Morgan fingerprint density at radius 3 is 1.83 bits per heavy atom. The van der Waals surface area contributed by atoms with Gasteiger partial charge < -0.3 is 14.2 Å². The van der Waals surface area contributed by atoms with Gasteiger partial charge in [-0.3, -0.25) is 9.69 Å². The highest BCUT2D eigenvalue weighted by molar-refractivity contribution is 5.97. The molecule has 0 radical (unpaired) electrons. The first-order valence-corrected chi connectivity index (χ1v) is 10.8. The van der Waals surface area contributed by atoms with Gasteiger partial charge in [-0.2, -0.15) is 0 Å². The van der Waals surface area contributed by atoms with Crippen LogP contribution in [0.2, 0.25) is 0 Å². The van der Waals surface area contributed by atoms with E-state index in [-0.39, 0.29) is 11.7 Å². The summed E-state index contributed by atoms with van der Waals surface area (Å²) >= 11 is 0. The third-order valence-electron chi connectivity index (χ3n) is 5.76. The van der Waals surface area contributed by atoms with Crippen LogP contribution in [0.3, 0.4) is 0 Å². The Morgan fingerprint density at radius 2 is 1.37 bits per heavy atom. The average Bonchev–Trinajstić information content (AvgIpc) is 2.76. The minimum atomic E-state index is -0.698. The Bertz CT molecular complexity index is 793. The number of fused-ring (bicyclic) bond motifs is 2. The van der Waals surface area contributed by atoms with Crippen LogP contribution in [0.1, 0.15) is 44.7 Å². The first-order valence-electron chi connectivity index (χ1n) is 10.8. The van der Waals surface area contributed by atoms with Gasteiger partial charge >= 0.3 is 0 Å². The fourth-order valence-electron chi connectivity index (χ4n) is 4.01. The van der Waals surface area contributed by atoms with E-state index in [2.05, 4.69) is 4.90 Å². The second-order valence-electron chi connectivity index (χ2n) is 7.91. The van der Waals surface area contributed by atoms with Crippen molar-refractivity contribution >= 4 is 5.78 Å². The number of rotatable bonds is 11. The minimum absolute atomic E-state index is 0.152. The lowest BCUT2D eigenvalue weighted by Gasteiger charge is -2.40. The predicted molar refractivity (Wildman–Crippen MR) is 118 cm³/mol. The van der Waals surface area contributed by atoms with Crippen molar-refractivity contribution < 1.29 is 19.0 Å². The Balaban J connectivity index is 1.94. The molecule has 0 saturated heterocycles. The van der Waals surface area contributed by atoms with E-state index in [1.165, 1.54) is 0 Å². The number of hydrogen-bond acceptors (Lipinski definition) is 5. The van der Waals surface area contributed by atoms with Gasteiger partial charge in [-0.1, -0.05) is 36.4 Å². The number of ketones is 1. The molecule has 1 aliphatic rings. The van der Waals surface area contributed by atoms with Crippen LogP contribution in [-0.2, 0) is 14.3 Å². The molecule has 0 atom stereocenters. The summed E-state index contributed by atoms with van der Waals surface area (Å²) in [6.45, 7) is 11.8. The summed E-state index contributed by atoms with van der Waals surface area (Å²) < 4.78 is 17.3. The van der Waals surface area contributed by atoms with E-state index >= 15 is 0 Å². The Morgan fingerprint density at radius 1 is 0.900 bits per heavy atom. The van der Waals surface area contributed by atoms with Crippen molar-refractivity contribution in [1.82, 2.24) is 4.90 Å². The molecule has 0 fully saturated rings. The summed E-state index contributed by atoms with van der Waals surface area (Å²) in [5, 5.41) is 0. The fourth-order valence-corrected chi connectivity index (χ4v) is 4.01. The summed E-state index contributed by atoms with van der Waals surface area (Å²) in [6, 6.07) is 15.7. The van der Waals surface area contributed by atoms with Crippen molar-refractivity contribution in [3.63, 3.8) is 0 Å². The van der Waals surface area contributed by atoms with Crippen LogP contribution in [0.15, 0.2) is 48.5 Å². The first kappa shape index (κ1) is 22.5. The van der Waals surface area contributed by atoms with Crippen LogP contribution in [-0.4, -0.2) is 55.7 Å². The molecule has 5 nitrogen and oxygen atoms in total. The van der Waals surface area contributed by atoms with E-state index in [1.807, 2.05) is 76.2 Å². The van der Waals surface area contributed by atoms with Crippen molar-refractivity contribution in [3.8, 4) is 11.5 Å². The lowest BCUT2D eigenvalue weighted by atomic mass is 9.77. The molecule has 1 heterocycles. The molecule has 2 aromatic carbocycles. The number of ether oxygens (including phenoxy) is 3. The molecule has 0 amide bonds. The second-order valence-corrected chi connectivity index (χ2v) is 7.91. The molecule has 0 saturated carbocycles. The maximum Gasteiger partial charge on any atom is 0.164 e. The lowest BCUT2D eigenvalue weighted by Crippen LogP contribution is -2.54. The van der Waals surface area contributed by atoms with Gasteiger partial charge in [0.25, 0.3) is 0 Å². The summed E-state index contributed by atoms with van der Waals surface area (Å²) in [5.74, 6) is 1.28. The largest absolute Gasteiger partial charge is 0.457 e.